The summed E-state index contributed by atoms with van der Waals surface area (Å²) in [4.78, 5) is 13.4. The molecule has 0 bridgehead atoms. The molecule has 1 rings (SSSR count). The number of methoxy groups -OCH3 is 1. The van der Waals surface area contributed by atoms with Gasteiger partial charge in [-0.2, -0.15) is 0 Å². The molecule has 0 atom stereocenters. The van der Waals surface area contributed by atoms with Crippen molar-refractivity contribution < 1.29 is 9.53 Å². The van der Waals surface area contributed by atoms with Crippen LogP contribution in [-0.2, 0) is 4.79 Å². The molecule has 1 aromatic carbocycles. The Labute approximate surface area is 108 Å². The lowest BCUT2D eigenvalue weighted by molar-refractivity contribution is -0.119. The SMILES string of the molecule is CCCNC(=O)CN(C)c1cc(N)cc(OC)c1. The van der Waals surface area contributed by atoms with Crippen LogP contribution in [0.4, 0.5) is 11.4 Å². The van der Waals surface area contributed by atoms with E-state index in [1.165, 1.54) is 0 Å². The average molecular weight is 251 g/mol. The summed E-state index contributed by atoms with van der Waals surface area (Å²) in [5.74, 6) is 0.687. The Morgan fingerprint density at radius 1 is 1.44 bits per heavy atom. The number of carbonyl (C=O) groups excluding carboxylic acids is 1. The molecule has 0 saturated carbocycles. The van der Waals surface area contributed by atoms with Gasteiger partial charge in [0.25, 0.3) is 0 Å². The fourth-order valence-electron chi connectivity index (χ4n) is 1.57. The highest BCUT2D eigenvalue weighted by molar-refractivity contribution is 5.81. The number of amides is 1. The normalized spacial score (nSPS) is 9.94. The Kier molecular flexibility index (Phi) is 5.30. The molecule has 1 aromatic rings. The van der Waals surface area contributed by atoms with Gasteiger partial charge < -0.3 is 20.7 Å². The van der Waals surface area contributed by atoms with Crippen LogP contribution in [0.25, 0.3) is 0 Å². The summed E-state index contributed by atoms with van der Waals surface area (Å²) >= 11 is 0. The topological polar surface area (TPSA) is 67.6 Å². The van der Waals surface area contributed by atoms with Crippen LogP contribution in [0.15, 0.2) is 18.2 Å². The number of hydrogen-bond donors (Lipinski definition) is 2. The zero-order valence-corrected chi connectivity index (χ0v) is 11.2. The smallest absolute Gasteiger partial charge is 0.239 e. The maximum absolute atomic E-state index is 11.6. The number of nitrogen functional groups attached to an aromatic ring is 1. The molecule has 0 spiro atoms. The second-order valence-electron chi connectivity index (χ2n) is 4.17. The molecule has 0 saturated heterocycles. The second kappa shape index (κ2) is 6.74. The van der Waals surface area contributed by atoms with E-state index >= 15 is 0 Å². The Balaban J connectivity index is 2.68. The van der Waals surface area contributed by atoms with Crippen molar-refractivity contribution in [2.45, 2.75) is 13.3 Å². The van der Waals surface area contributed by atoms with Gasteiger partial charge in [-0.15, -0.1) is 0 Å². The molecule has 0 aromatic heterocycles. The summed E-state index contributed by atoms with van der Waals surface area (Å²) in [6.45, 7) is 3.02. The third-order valence-electron chi connectivity index (χ3n) is 2.54. The standard InChI is InChI=1S/C13H21N3O2/c1-4-5-15-13(17)9-16(2)11-6-10(14)7-12(8-11)18-3/h6-8H,4-5,9,14H2,1-3H3,(H,15,17). The number of likely N-dealkylation sites (N-methyl/N-ethyl adjacent to an activating group) is 1. The zero-order valence-electron chi connectivity index (χ0n) is 11.2. The predicted octanol–water partition coefficient (Wildman–Crippen LogP) is 1.24. The Morgan fingerprint density at radius 3 is 2.78 bits per heavy atom. The molecule has 18 heavy (non-hydrogen) atoms. The monoisotopic (exact) mass is 251 g/mol. The highest BCUT2D eigenvalue weighted by atomic mass is 16.5. The van der Waals surface area contributed by atoms with Gasteiger partial charge >= 0.3 is 0 Å². The van der Waals surface area contributed by atoms with Gasteiger partial charge in [0.2, 0.25) is 5.91 Å². The minimum absolute atomic E-state index is 0.000686. The highest BCUT2D eigenvalue weighted by Crippen LogP contribution is 2.24. The lowest BCUT2D eigenvalue weighted by Crippen LogP contribution is -2.35. The van der Waals surface area contributed by atoms with Gasteiger partial charge in [0.05, 0.1) is 13.7 Å². The minimum Gasteiger partial charge on any atom is -0.497 e. The molecule has 0 aliphatic heterocycles. The van der Waals surface area contributed by atoms with Gasteiger partial charge in [0.15, 0.2) is 0 Å². The van der Waals surface area contributed by atoms with Gasteiger partial charge in [0.1, 0.15) is 5.75 Å². The number of ether oxygens (including phenoxy) is 1. The van der Waals surface area contributed by atoms with Crippen molar-refractivity contribution in [1.82, 2.24) is 5.32 Å². The molecule has 0 aliphatic carbocycles. The number of nitrogens with one attached hydrogen (secondary N) is 1. The molecule has 0 fully saturated rings. The van der Waals surface area contributed by atoms with Crippen molar-refractivity contribution in [2.24, 2.45) is 0 Å². The first-order valence-electron chi connectivity index (χ1n) is 5.99. The number of carbonyl (C=O) groups is 1. The summed E-state index contributed by atoms with van der Waals surface area (Å²) in [7, 11) is 3.44. The van der Waals surface area contributed by atoms with E-state index in [9.17, 15) is 4.79 Å². The van der Waals surface area contributed by atoms with E-state index in [4.69, 9.17) is 10.5 Å². The van der Waals surface area contributed by atoms with Crippen LogP contribution in [0.5, 0.6) is 5.75 Å². The van der Waals surface area contributed by atoms with E-state index in [0.29, 0.717) is 24.5 Å². The van der Waals surface area contributed by atoms with Crippen molar-refractivity contribution in [3.63, 3.8) is 0 Å². The number of benzene rings is 1. The van der Waals surface area contributed by atoms with Crippen LogP contribution in [0.3, 0.4) is 0 Å². The summed E-state index contributed by atoms with van der Waals surface area (Å²) in [5, 5.41) is 2.83. The van der Waals surface area contributed by atoms with E-state index in [2.05, 4.69) is 5.32 Å². The van der Waals surface area contributed by atoms with Crippen LogP contribution in [0, 0.1) is 0 Å². The van der Waals surface area contributed by atoms with Crippen LogP contribution in [-0.4, -0.2) is 33.2 Å². The van der Waals surface area contributed by atoms with Crippen LogP contribution < -0.4 is 20.7 Å². The summed E-state index contributed by atoms with van der Waals surface area (Å²) < 4.78 is 5.15. The Bertz CT molecular complexity index is 407. The number of anilines is 2. The maximum Gasteiger partial charge on any atom is 0.239 e. The summed E-state index contributed by atoms with van der Waals surface area (Å²) in [5.41, 5.74) is 7.25. The summed E-state index contributed by atoms with van der Waals surface area (Å²) in [6, 6.07) is 5.41. The molecular formula is C13H21N3O2. The van der Waals surface area contributed by atoms with Crippen LogP contribution in [0.2, 0.25) is 0 Å². The first kappa shape index (κ1) is 14.2. The van der Waals surface area contributed by atoms with Crippen molar-refractivity contribution in [3.8, 4) is 5.75 Å². The van der Waals surface area contributed by atoms with Gasteiger partial charge in [-0.1, -0.05) is 6.92 Å². The Morgan fingerprint density at radius 2 is 2.17 bits per heavy atom. The van der Waals surface area contributed by atoms with Gasteiger partial charge in [-0.3, -0.25) is 4.79 Å². The van der Waals surface area contributed by atoms with Gasteiger partial charge in [-0.05, 0) is 12.5 Å². The second-order valence-corrected chi connectivity index (χ2v) is 4.17. The number of nitrogens with two attached hydrogens (primary N) is 1. The van der Waals surface area contributed by atoms with Crippen molar-refractivity contribution in [2.75, 3.05) is 37.9 Å². The van der Waals surface area contributed by atoms with E-state index in [1.807, 2.05) is 31.0 Å². The fraction of sp³-hybridized carbons (Fsp3) is 0.462. The van der Waals surface area contributed by atoms with Crippen LogP contribution in [0.1, 0.15) is 13.3 Å². The van der Waals surface area contributed by atoms with Crippen molar-refractivity contribution >= 4 is 17.3 Å². The van der Waals surface area contributed by atoms with Crippen molar-refractivity contribution in [1.29, 1.82) is 0 Å². The van der Waals surface area contributed by atoms with Gasteiger partial charge in [-0.25, -0.2) is 0 Å². The highest BCUT2D eigenvalue weighted by Gasteiger charge is 2.08. The molecule has 0 aliphatic rings. The van der Waals surface area contributed by atoms with Crippen LogP contribution >= 0.6 is 0 Å². The molecule has 5 nitrogen and oxygen atoms in total. The molecule has 100 valence electrons. The molecular weight excluding hydrogens is 230 g/mol. The quantitative estimate of drug-likeness (QED) is 0.746. The molecule has 0 radical (unpaired) electrons. The average Bonchev–Trinajstić information content (AvgIpc) is 2.35. The zero-order chi connectivity index (χ0) is 13.5. The molecule has 3 N–H and O–H groups in total. The minimum atomic E-state index is 0.000686. The predicted molar refractivity (Wildman–Crippen MR) is 74.0 cm³/mol. The van der Waals surface area contributed by atoms with Gasteiger partial charge in [0, 0.05) is 37.1 Å². The molecule has 5 heteroatoms. The largest absolute Gasteiger partial charge is 0.497 e. The summed E-state index contributed by atoms with van der Waals surface area (Å²) in [6.07, 6.45) is 0.932. The lowest BCUT2D eigenvalue weighted by atomic mass is 10.2. The third kappa shape index (κ3) is 4.16. The number of rotatable bonds is 6. The third-order valence-corrected chi connectivity index (χ3v) is 2.54. The van der Waals surface area contributed by atoms with E-state index < -0.39 is 0 Å². The molecule has 1 amide bonds. The first-order chi connectivity index (χ1) is 8.56. The van der Waals surface area contributed by atoms with Crippen molar-refractivity contribution in [3.05, 3.63) is 18.2 Å². The first-order valence-corrected chi connectivity index (χ1v) is 5.99. The number of nitrogens with zero attached hydrogens (tertiary/aromatic N) is 1. The molecule has 0 heterocycles. The molecule has 0 unspecified atom stereocenters. The van der Waals surface area contributed by atoms with E-state index in [1.54, 1.807) is 13.2 Å². The lowest BCUT2D eigenvalue weighted by Gasteiger charge is -2.20. The number of hydrogen-bond acceptors (Lipinski definition) is 4. The maximum atomic E-state index is 11.6. The van der Waals surface area contributed by atoms with E-state index in [0.717, 1.165) is 12.1 Å². The van der Waals surface area contributed by atoms with E-state index in [-0.39, 0.29) is 5.91 Å². The Hall–Kier alpha value is -1.91. The fourth-order valence-corrected chi connectivity index (χ4v) is 1.57.